The van der Waals surface area contributed by atoms with Crippen LogP contribution in [0.1, 0.15) is 8.35 Å². The number of carbonyl (C=O) groups is 1. The van der Waals surface area contributed by atoms with Crippen molar-refractivity contribution < 1.29 is 79.9 Å². The molecule has 0 saturated heterocycles. The molecule has 2 nitrogen and oxygen atoms in total. The number of esters is 1. The summed E-state index contributed by atoms with van der Waals surface area (Å²) in [6.45, 7) is 1.36. The van der Waals surface area contributed by atoms with Gasteiger partial charge in [-0.2, -0.15) is 0 Å². The molecule has 0 fully saturated rings. The van der Waals surface area contributed by atoms with Crippen LogP contribution < -0.4 is 68.9 Å². The van der Waals surface area contributed by atoms with Crippen molar-refractivity contribution in [1.82, 2.24) is 0 Å². The first kappa shape index (κ1) is 10.5. The number of hydrogen-bond donors (Lipinski definition) is 0. The first-order chi connectivity index (χ1) is 2.27. The Morgan fingerprint density at radius 3 is 2.00 bits per heavy atom. The third kappa shape index (κ3) is 9.10. The molecule has 0 N–H and O–H groups in total. The topological polar surface area (TPSA) is 26.3 Å². The van der Waals surface area contributed by atoms with Crippen molar-refractivity contribution in [2.45, 2.75) is 6.92 Å². The van der Waals surface area contributed by atoms with Crippen LogP contribution in [0.2, 0.25) is 0 Å². The van der Waals surface area contributed by atoms with Crippen molar-refractivity contribution in [2.75, 3.05) is 7.11 Å². The minimum absolute atomic E-state index is 0. The average Bonchev–Trinajstić information content (AvgIpc) is 1.38. The summed E-state index contributed by atoms with van der Waals surface area (Å²) in [7, 11) is 1.35. The Morgan fingerprint density at radius 2 is 2.00 bits per heavy atom. The van der Waals surface area contributed by atoms with Crippen LogP contribution in [-0.2, 0) is 9.53 Å². The fourth-order valence-corrected chi connectivity index (χ4v) is 0. The van der Waals surface area contributed by atoms with Crippen LogP contribution in [0, 0.1) is 0 Å². The third-order valence-corrected chi connectivity index (χ3v) is 0.287. The summed E-state index contributed by atoms with van der Waals surface area (Å²) < 4.78 is 4.11. The van der Waals surface area contributed by atoms with E-state index in [-0.39, 0.29) is 76.3 Å². The molecular weight excluding hydrogens is 201 g/mol. The molecule has 0 amide bonds. The normalized spacial score (nSPS) is 5.67. The second-order valence-electron chi connectivity index (χ2n) is 0.696. The molecule has 0 bridgehead atoms. The molecule has 0 spiro atoms. The van der Waals surface area contributed by atoms with Crippen molar-refractivity contribution >= 4 is 5.97 Å². The first-order valence-corrected chi connectivity index (χ1v) is 1.32. The zero-order chi connectivity index (χ0) is 4.28. The van der Waals surface area contributed by atoms with E-state index in [1.165, 1.54) is 14.0 Å². The van der Waals surface area contributed by atoms with Crippen molar-refractivity contribution in [3.63, 3.8) is 0 Å². The summed E-state index contributed by atoms with van der Waals surface area (Å²) >= 11 is 0. The van der Waals surface area contributed by atoms with Gasteiger partial charge in [0.25, 0.3) is 0 Å². The molecule has 0 rings (SSSR count). The molecule has 0 radical (unpaired) electrons. The molecule has 0 aliphatic rings. The van der Waals surface area contributed by atoms with E-state index in [4.69, 9.17) is 0 Å². The van der Waals surface area contributed by atoms with E-state index in [2.05, 4.69) is 4.74 Å². The van der Waals surface area contributed by atoms with Crippen LogP contribution in [0.15, 0.2) is 0 Å². The molecule has 0 unspecified atom stereocenters. The maximum absolute atomic E-state index is 9.59. The molecule has 0 saturated carbocycles. The predicted octanol–water partition coefficient (Wildman–Crippen LogP) is -2.70. The molecule has 0 aromatic carbocycles. The van der Waals surface area contributed by atoms with Crippen LogP contribution in [0.4, 0.5) is 0 Å². The molecule has 0 heterocycles. The van der Waals surface area contributed by atoms with Gasteiger partial charge in [-0.25, -0.2) is 0 Å². The number of carbonyl (C=O) groups excluding carboxylic acids is 1. The maximum atomic E-state index is 9.59. The summed E-state index contributed by atoms with van der Waals surface area (Å²) in [5.74, 6) is -0.245. The Morgan fingerprint density at radius 1 is 1.83 bits per heavy atom. The Bertz CT molecular complexity index is 48.2. The van der Waals surface area contributed by atoms with E-state index in [1.54, 1.807) is 0 Å². The van der Waals surface area contributed by atoms with Crippen LogP contribution in [0.5, 0.6) is 0 Å². The largest absolute Gasteiger partial charge is 1.00 e. The zero-order valence-electron chi connectivity index (χ0n) is 5.32. The summed E-state index contributed by atoms with van der Waals surface area (Å²) in [4.78, 5) is 9.59. The van der Waals surface area contributed by atoms with E-state index in [0.717, 1.165) is 0 Å². The number of hydrogen-bond acceptors (Lipinski definition) is 2. The second-order valence-corrected chi connectivity index (χ2v) is 0.696. The average molecular weight is 208 g/mol. The van der Waals surface area contributed by atoms with Gasteiger partial charge in [0.2, 0.25) is 0 Å². The van der Waals surface area contributed by atoms with Gasteiger partial charge in [-0.15, -0.1) is 0 Å². The van der Waals surface area contributed by atoms with E-state index in [0.29, 0.717) is 0 Å². The summed E-state index contributed by atoms with van der Waals surface area (Å²) in [5, 5.41) is 0. The molecule has 0 aliphatic carbocycles. The van der Waals surface area contributed by atoms with Crippen LogP contribution in [0.3, 0.4) is 0 Å². The number of ether oxygens (including phenoxy) is 1. The van der Waals surface area contributed by atoms with Crippen molar-refractivity contribution in [3.05, 3.63) is 0 Å². The number of methoxy groups -OCH3 is 1. The van der Waals surface area contributed by atoms with Crippen LogP contribution in [0.25, 0.3) is 0 Å². The molecule has 0 aromatic heterocycles. The Labute approximate surface area is 97.5 Å². The van der Waals surface area contributed by atoms with Crippen LogP contribution in [-0.4, -0.2) is 13.1 Å². The molecule has 3 heteroatoms. The van der Waals surface area contributed by atoms with E-state index < -0.39 is 0 Å². The predicted molar refractivity (Wildman–Crippen MR) is 18.8 cm³/mol. The van der Waals surface area contributed by atoms with Gasteiger partial charge in [-0.05, 0) is 0 Å². The van der Waals surface area contributed by atoms with Gasteiger partial charge in [0.1, 0.15) is 0 Å². The monoisotopic (exact) mass is 208 g/mol. The van der Waals surface area contributed by atoms with Gasteiger partial charge in [0.15, 0.2) is 0 Å². The molecule has 0 aliphatic heterocycles. The molecular formula is C3H7CsO2. The van der Waals surface area contributed by atoms with E-state index >= 15 is 0 Å². The van der Waals surface area contributed by atoms with Gasteiger partial charge in [0.05, 0.1) is 7.11 Å². The minimum Gasteiger partial charge on any atom is -1.00 e. The fraction of sp³-hybridized carbons (Fsp3) is 0.667. The standard InChI is InChI=1S/C3H6O2.Cs.H/c1-3(4)5-2;;/h1-2H3;;/q;+1;-1. The van der Waals surface area contributed by atoms with Crippen molar-refractivity contribution in [3.8, 4) is 0 Å². The van der Waals surface area contributed by atoms with Crippen LogP contribution >= 0.6 is 0 Å². The molecule has 6 heavy (non-hydrogen) atoms. The minimum atomic E-state index is -0.245. The Balaban J connectivity index is -0.0000000800. The van der Waals surface area contributed by atoms with Crippen molar-refractivity contribution in [1.29, 1.82) is 0 Å². The fourth-order valence-electron chi connectivity index (χ4n) is 0. The Hall–Kier alpha value is 1.52. The van der Waals surface area contributed by atoms with Gasteiger partial charge >= 0.3 is 74.9 Å². The molecule has 0 aromatic rings. The summed E-state index contributed by atoms with van der Waals surface area (Å²) in [5.41, 5.74) is 0. The zero-order valence-corrected chi connectivity index (χ0v) is 10.6. The van der Waals surface area contributed by atoms with Crippen molar-refractivity contribution in [2.24, 2.45) is 0 Å². The SMILES string of the molecule is COC(C)=O.[Cs+].[H-]. The Kier molecular flexibility index (Phi) is 11.4. The molecule has 0 atom stereocenters. The molecule has 32 valence electrons. The van der Waals surface area contributed by atoms with E-state index in [9.17, 15) is 4.79 Å². The summed E-state index contributed by atoms with van der Waals surface area (Å²) in [6.07, 6.45) is 0. The number of rotatable bonds is 0. The van der Waals surface area contributed by atoms with Gasteiger partial charge in [-0.1, -0.05) is 0 Å². The maximum Gasteiger partial charge on any atom is 1.00 e. The quantitative estimate of drug-likeness (QED) is 0.405. The van der Waals surface area contributed by atoms with E-state index in [1.807, 2.05) is 0 Å². The smallest absolute Gasteiger partial charge is 1.00 e. The van der Waals surface area contributed by atoms with Gasteiger partial charge in [0, 0.05) is 6.92 Å². The first-order valence-electron chi connectivity index (χ1n) is 1.32. The van der Waals surface area contributed by atoms with Gasteiger partial charge < -0.3 is 6.16 Å². The third-order valence-electron chi connectivity index (χ3n) is 0.287. The van der Waals surface area contributed by atoms with Gasteiger partial charge in [-0.3, -0.25) is 4.79 Å². The summed E-state index contributed by atoms with van der Waals surface area (Å²) in [6, 6.07) is 0. The second kappa shape index (κ2) is 6.52.